The molecule has 2 aromatic rings. The number of hydrogen-bond donors (Lipinski definition) is 3. The molecule has 5 atom stereocenters. The first-order chi connectivity index (χ1) is 19.6. The van der Waals surface area contributed by atoms with Crippen molar-refractivity contribution in [2.75, 3.05) is 34.9 Å². The third-order valence-electron chi connectivity index (χ3n) is 9.67. The highest BCUT2D eigenvalue weighted by atomic mass is 16.5. The number of aromatic hydroxyl groups is 2. The van der Waals surface area contributed by atoms with Crippen LogP contribution in [0.15, 0.2) is 0 Å². The molecule has 0 aliphatic carbocycles. The van der Waals surface area contributed by atoms with Crippen molar-refractivity contribution in [1.29, 1.82) is 5.26 Å². The van der Waals surface area contributed by atoms with Crippen LogP contribution in [0.5, 0.6) is 28.7 Å². The van der Waals surface area contributed by atoms with Crippen LogP contribution >= 0.6 is 0 Å². The number of benzene rings is 2. The van der Waals surface area contributed by atoms with Crippen LogP contribution in [0.25, 0.3) is 0 Å². The number of ether oxygens (including phenoxy) is 3. The highest BCUT2D eigenvalue weighted by Gasteiger charge is 2.56. The molecule has 1 fully saturated rings. The van der Waals surface area contributed by atoms with Gasteiger partial charge in [-0.1, -0.05) is 6.92 Å². The van der Waals surface area contributed by atoms with Crippen molar-refractivity contribution in [2.24, 2.45) is 0 Å². The van der Waals surface area contributed by atoms with Crippen LogP contribution in [0.4, 0.5) is 0 Å². The maximum absolute atomic E-state index is 12.5. The quantitative estimate of drug-likeness (QED) is 0.484. The molecule has 0 aromatic heterocycles. The SMILES string of the molecule is CCC(=O)NC[C@H]1c2c(O)c(OC)c(C)c(OC)c2C[C@H]2[C@H]3c4c(O)c(OC)c(C)c(C)c4C[C@@H](C(C#N)N12)N3C. The Morgan fingerprint density at radius 2 is 1.51 bits per heavy atom. The second-order valence-electron chi connectivity index (χ2n) is 11.3. The first-order valence-electron chi connectivity index (χ1n) is 14.1. The van der Waals surface area contributed by atoms with E-state index in [1.165, 1.54) is 7.11 Å². The predicted octanol–water partition coefficient (Wildman–Crippen LogP) is 3.35. The van der Waals surface area contributed by atoms with Gasteiger partial charge in [0, 0.05) is 47.3 Å². The molecular weight excluding hydrogens is 524 g/mol. The van der Waals surface area contributed by atoms with Crippen molar-refractivity contribution < 1.29 is 29.2 Å². The van der Waals surface area contributed by atoms with Gasteiger partial charge in [-0.25, -0.2) is 0 Å². The van der Waals surface area contributed by atoms with E-state index < -0.39 is 12.1 Å². The second-order valence-corrected chi connectivity index (χ2v) is 11.3. The summed E-state index contributed by atoms with van der Waals surface area (Å²) in [6, 6.07) is 0.749. The van der Waals surface area contributed by atoms with Crippen LogP contribution in [0.2, 0.25) is 0 Å². The molecule has 0 spiro atoms. The van der Waals surface area contributed by atoms with E-state index >= 15 is 0 Å². The normalized spacial score (nSPS) is 24.9. The number of rotatable bonds is 6. The fourth-order valence-corrected chi connectivity index (χ4v) is 7.68. The smallest absolute Gasteiger partial charge is 0.219 e. The molecule has 10 nitrogen and oxygen atoms in total. The average Bonchev–Trinajstić information content (AvgIpc) is 2.95. The van der Waals surface area contributed by atoms with Gasteiger partial charge in [0.1, 0.15) is 11.8 Å². The number of piperazine rings is 1. The average molecular weight is 565 g/mol. The molecule has 5 rings (SSSR count). The zero-order valence-electron chi connectivity index (χ0n) is 25.1. The van der Waals surface area contributed by atoms with Crippen molar-refractivity contribution in [3.63, 3.8) is 0 Å². The Morgan fingerprint density at radius 3 is 2.10 bits per heavy atom. The number of carbonyl (C=O) groups is 1. The largest absolute Gasteiger partial charge is 0.504 e. The van der Waals surface area contributed by atoms with E-state index in [2.05, 4.69) is 21.2 Å². The number of carbonyl (C=O) groups excluding carboxylic acids is 1. The second kappa shape index (κ2) is 10.6. The van der Waals surface area contributed by atoms with Gasteiger partial charge in [0.2, 0.25) is 5.91 Å². The predicted molar refractivity (Wildman–Crippen MR) is 153 cm³/mol. The minimum absolute atomic E-state index is 0.00726. The standard InChI is InChI=1S/C31H40N4O6/c1-9-23(36)33-13-22-24-18(29(39-6)16(4)31(41-8)27(24)37)11-20-26-25-17(14(2)15(3)30(40-7)28(25)38)10-19(34(26)5)21(12-32)35(20)22/h19-22,26,37-38H,9-11,13H2,1-8H3,(H,33,36)/t19-,20-,21?,22-,26-/m0/s1. The summed E-state index contributed by atoms with van der Waals surface area (Å²) in [7, 11) is 6.68. The minimum Gasteiger partial charge on any atom is -0.504 e. The van der Waals surface area contributed by atoms with Gasteiger partial charge in [-0.15, -0.1) is 0 Å². The Hall–Kier alpha value is -3.68. The van der Waals surface area contributed by atoms with Crippen molar-refractivity contribution in [3.05, 3.63) is 38.9 Å². The molecule has 1 saturated heterocycles. The van der Waals surface area contributed by atoms with E-state index in [1.807, 2.05) is 27.8 Å². The fourth-order valence-electron chi connectivity index (χ4n) is 7.68. The maximum atomic E-state index is 12.5. The van der Waals surface area contributed by atoms with Gasteiger partial charge in [-0.3, -0.25) is 14.6 Å². The summed E-state index contributed by atoms with van der Waals surface area (Å²) in [4.78, 5) is 16.9. The zero-order chi connectivity index (χ0) is 29.9. The minimum atomic E-state index is -0.548. The lowest BCUT2D eigenvalue weighted by molar-refractivity contribution is -0.121. The van der Waals surface area contributed by atoms with E-state index in [0.717, 1.165) is 27.8 Å². The Balaban J connectivity index is 1.81. The van der Waals surface area contributed by atoms with Crippen LogP contribution in [0.3, 0.4) is 0 Å². The van der Waals surface area contributed by atoms with Crippen molar-refractivity contribution in [3.8, 4) is 34.8 Å². The number of likely N-dealkylation sites (N-methyl/N-ethyl adjacent to an activating group) is 1. The molecule has 1 amide bonds. The van der Waals surface area contributed by atoms with Gasteiger partial charge in [0.05, 0.1) is 39.5 Å². The van der Waals surface area contributed by atoms with Gasteiger partial charge >= 0.3 is 0 Å². The van der Waals surface area contributed by atoms with Gasteiger partial charge in [-0.05, 0) is 57.4 Å². The van der Waals surface area contributed by atoms with Gasteiger partial charge in [-0.2, -0.15) is 5.26 Å². The number of nitrogens with zero attached hydrogens (tertiary/aromatic N) is 3. The zero-order valence-corrected chi connectivity index (χ0v) is 25.1. The summed E-state index contributed by atoms with van der Waals surface area (Å²) in [5, 5.41) is 36.9. The third-order valence-corrected chi connectivity index (χ3v) is 9.67. The molecule has 0 radical (unpaired) electrons. The lowest BCUT2D eigenvalue weighted by Crippen LogP contribution is -2.68. The Kier molecular flexibility index (Phi) is 7.47. The van der Waals surface area contributed by atoms with Crippen molar-refractivity contribution >= 4 is 5.91 Å². The van der Waals surface area contributed by atoms with Crippen LogP contribution < -0.4 is 19.5 Å². The van der Waals surface area contributed by atoms with Crippen LogP contribution in [-0.2, 0) is 17.6 Å². The third kappa shape index (κ3) is 4.01. The number of phenols is 2. The summed E-state index contributed by atoms with van der Waals surface area (Å²) in [6.45, 7) is 7.82. The van der Waals surface area contributed by atoms with Gasteiger partial charge < -0.3 is 29.7 Å². The summed E-state index contributed by atoms with van der Waals surface area (Å²) < 4.78 is 17.2. The van der Waals surface area contributed by atoms with Crippen molar-refractivity contribution in [1.82, 2.24) is 15.1 Å². The number of nitriles is 1. The first kappa shape index (κ1) is 28.8. The molecule has 3 heterocycles. The molecule has 2 bridgehead atoms. The van der Waals surface area contributed by atoms with E-state index in [9.17, 15) is 20.3 Å². The van der Waals surface area contributed by atoms with E-state index in [-0.39, 0.29) is 42.1 Å². The lowest BCUT2D eigenvalue weighted by Gasteiger charge is -2.60. The fraction of sp³-hybridized carbons (Fsp3) is 0.548. The lowest BCUT2D eigenvalue weighted by atomic mass is 9.70. The number of amides is 1. The van der Waals surface area contributed by atoms with E-state index in [4.69, 9.17) is 14.2 Å². The molecule has 41 heavy (non-hydrogen) atoms. The molecule has 220 valence electrons. The molecule has 3 N–H and O–H groups in total. The molecule has 10 heteroatoms. The Bertz CT molecular complexity index is 1450. The molecule has 0 saturated carbocycles. The number of methoxy groups -OCH3 is 3. The summed E-state index contributed by atoms with van der Waals surface area (Å²) in [6.07, 6.45) is 1.33. The van der Waals surface area contributed by atoms with E-state index in [0.29, 0.717) is 47.6 Å². The molecule has 3 aliphatic rings. The van der Waals surface area contributed by atoms with Crippen LogP contribution in [0.1, 0.15) is 64.4 Å². The van der Waals surface area contributed by atoms with Crippen LogP contribution in [-0.4, -0.2) is 79.0 Å². The molecule has 3 aliphatic heterocycles. The summed E-state index contributed by atoms with van der Waals surface area (Å²) >= 11 is 0. The topological polar surface area (TPSA) is 128 Å². The number of nitrogens with one attached hydrogen (secondary N) is 1. The van der Waals surface area contributed by atoms with E-state index in [1.54, 1.807) is 21.1 Å². The summed E-state index contributed by atoms with van der Waals surface area (Å²) in [5.41, 5.74) is 5.89. The monoisotopic (exact) mass is 564 g/mol. The maximum Gasteiger partial charge on any atom is 0.219 e. The number of fused-ring (bicyclic) bond motifs is 7. The highest BCUT2D eigenvalue weighted by molar-refractivity contribution is 5.75. The Morgan fingerprint density at radius 1 is 0.927 bits per heavy atom. The van der Waals surface area contributed by atoms with Crippen LogP contribution in [0, 0.1) is 32.1 Å². The molecular formula is C31H40N4O6. The summed E-state index contributed by atoms with van der Waals surface area (Å²) in [5.74, 6) is 1.37. The van der Waals surface area contributed by atoms with Gasteiger partial charge in [0.25, 0.3) is 0 Å². The molecule has 2 aromatic carbocycles. The number of phenolic OH excluding ortho intramolecular Hbond substituents is 2. The highest BCUT2D eigenvalue weighted by Crippen LogP contribution is 2.57. The number of hydrogen-bond acceptors (Lipinski definition) is 9. The Labute approximate surface area is 241 Å². The van der Waals surface area contributed by atoms with Crippen molar-refractivity contribution in [2.45, 2.75) is 77.2 Å². The molecule has 1 unspecified atom stereocenters. The van der Waals surface area contributed by atoms with Gasteiger partial charge in [0.15, 0.2) is 23.0 Å². The first-order valence-corrected chi connectivity index (χ1v) is 14.1.